The molecule has 0 heterocycles. The lowest BCUT2D eigenvalue weighted by Gasteiger charge is -2.30. The number of ether oxygens (including phenoxy) is 1. The predicted molar refractivity (Wildman–Crippen MR) is 120 cm³/mol. The summed E-state index contributed by atoms with van der Waals surface area (Å²) < 4.78 is 6.69. The number of carbonyl (C=O) groups excluding carboxylic acids is 2. The number of amides is 2. The molecule has 0 fully saturated rings. The summed E-state index contributed by atoms with van der Waals surface area (Å²) >= 11 is 14.3. The van der Waals surface area contributed by atoms with Crippen LogP contribution in [0.25, 0.3) is 0 Å². The van der Waals surface area contributed by atoms with Crippen LogP contribution in [0.3, 0.4) is 0 Å². The topological polar surface area (TPSA) is 58.6 Å². The number of nitrogens with zero attached hydrogens (tertiary/aromatic N) is 1. The van der Waals surface area contributed by atoms with Gasteiger partial charge >= 0.3 is 0 Å². The zero-order valence-electron chi connectivity index (χ0n) is 15.5. The Morgan fingerprint density at radius 1 is 1.14 bits per heavy atom. The maximum absolute atomic E-state index is 12.9. The summed E-state index contributed by atoms with van der Waals surface area (Å²) in [6.45, 7) is 1.90. The van der Waals surface area contributed by atoms with E-state index in [0.717, 1.165) is 9.13 Å². The number of carbonyl (C=O) groups is 2. The van der Waals surface area contributed by atoms with Crippen LogP contribution in [0.5, 0.6) is 5.75 Å². The standard InChI is InChI=1S/C20H21Cl2IN2O3/c1-3-18(20(27)24-2)25(11-13-4-9-16(21)17(22)10-13)19(26)12-28-15-7-5-14(23)6-8-15/h4-10,18H,3,11-12H2,1-2H3,(H,24,27). The monoisotopic (exact) mass is 534 g/mol. The van der Waals surface area contributed by atoms with Crippen LogP contribution in [0, 0.1) is 3.57 Å². The van der Waals surface area contributed by atoms with Crippen molar-refractivity contribution in [3.8, 4) is 5.75 Å². The van der Waals surface area contributed by atoms with Crippen LogP contribution in [-0.2, 0) is 16.1 Å². The molecule has 8 heteroatoms. The molecule has 0 saturated carbocycles. The van der Waals surface area contributed by atoms with Crippen molar-refractivity contribution < 1.29 is 14.3 Å². The van der Waals surface area contributed by atoms with Gasteiger partial charge in [0, 0.05) is 17.2 Å². The van der Waals surface area contributed by atoms with Crippen molar-refractivity contribution in [1.82, 2.24) is 10.2 Å². The Labute approximate surface area is 188 Å². The molecule has 0 aliphatic heterocycles. The van der Waals surface area contributed by atoms with E-state index < -0.39 is 6.04 Å². The molecule has 1 atom stereocenters. The SMILES string of the molecule is CCC(C(=O)NC)N(Cc1ccc(Cl)c(Cl)c1)C(=O)COc1ccc(I)cc1. The molecule has 1 unspecified atom stereocenters. The molecule has 0 aromatic heterocycles. The van der Waals surface area contributed by atoms with Gasteiger partial charge in [-0.3, -0.25) is 9.59 Å². The third-order valence-electron chi connectivity index (χ3n) is 4.15. The summed E-state index contributed by atoms with van der Waals surface area (Å²) in [6, 6.07) is 11.9. The maximum Gasteiger partial charge on any atom is 0.261 e. The third-order valence-corrected chi connectivity index (χ3v) is 5.60. The molecule has 0 saturated heterocycles. The van der Waals surface area contributed by atoms with Gasteiger partial charge in [0.25, 0.3) is 5.91 Å². The lowest BCUT2D eigenvalue weighted by molar-refractivity contribution is -0.142. The predicted octanol–water partition coefficient (Wildman–Crippen LogP) is 4.53. The normalized spacial score (nSPS) is 11.6. The van der Waals surface area contributed by atoms with E-state index in [1.54, 1.807) is 37.4 Å². The van der Waals surface area contributed by atoms with Crippen molar-refractivity contribution in [1.29, 1.82) is 0 Å². The summed E-state index contributed by atoms with van der Waals surface area (Å²) in [6.07, 6.45) is 0.469. The highest BCUT2D eigenvalue weighted by atomic mass is 127. The molecule has 1 N–H and O–H groups in total. The Morgan fingerprint density at radius 2 is 1.82 bits per heavy atom. The lowest BCUT2D eigenvalue weighted by Crippen LogP contribution is -2.49. The highest BCUT2D eigenvalue weighted by Crippen LogP contribution is 2.24. The van der Waals surface area contributed by atoms with Gasteiger partial charge in [-0.25, -0.2) is 0 Å². The highest BCUT2D eigenvalue weighted by Gasteiger charge is 2.28. The second-order valence-electron chi connectivity index (χ2n) is 6.05. The summed E-state index contributed by atoms with van der Waals surface area (Å²) in [5.41, 5.74) is 0.777. The second kappa shape index (κ2) is 10.9. The summed E-state index contributed by atoms with van der Waals surface area (Å²) in [5.74, 6) is 0.0708. The van der Waals surface area contributed by atoms with Crippen molar-refractivity contribution in [3.05, 3.63) is 61.6 Å². The number of nitrogens with one attached hydrogen (secondary N) is 1. The van der Waals surface area contributed by atoms with E-state index in [1.807, 2.05) is 19.1 Å². The molecule has 0 aliphatic carbocycles. The van der Waals surface area contributed by atoms with Gasteiger partial charge in [-0.05, 0) is 71.0 Å². The Kier molecular flexibility index (Phi) is 8.85. The molecule has 5 nitrogen and oxygen atoms in total. The molecule has 150 valence electrons. The molecule has 2 amide bonds. The van der Waals surface area contributed by atoms with Crippen LogP contribution in [0.2, 0.25) is 10.0 Å². The maximum atomic E-state index is 12.9. The van der Waals surface area contributed by atoms with Gasteiger partial charge in [0.2, 0.25) is 5.91 Å². The fraction of sp³-hybridized carbons (Fsp3) is 0.300. The van der Waals surface area contributed by atoms with Crippen LogP contribution in [-0.4, -0.2) is 36.4 Å². The first kappa shape index (κ1) is 22.8. The first-order valence-corrected chi connectivity index (χ1v) is 10.5. The van der Waals surface area contributed by atoms with Gasteiger partial charge in [0.1, 0.15) is 11.8 Å². The van der Waals surface area contributed by atoms with Crippen LogP contribution >= 0.6 is 45.8 Å². The van der Waals surface area contributed by atoms with E-state index in [9.17, 15) is 9.59 Å². The van der Waals surface area contributed by atoms with E-state index >= 15 is 0 Å². The summed E-state index contributed by atoms with van der Waals surface area (Å²) in [5, 5.41) is 3.45. The molecule has 0 radical (unpaired) electrons. The van der Waals surface area contributed by atoms with Crippen LogP contribution in [0.1, 0.15) is 18.9 Å². The fourth-order valence-electron chi connectivity index (χ4n) is 2.68. The second-order valence-corrected chi connectivity index (χ2v) is 8.11. The van der Waals surface area contributed by atoms with Gasteiger partial charge in [0.05, 0.1) is 10.0 Å². The van der Waals surface area contributed by atoms with Gasteiger partial charge in [-0.2, -0.15) is 0 Å². The molecule has 2 rings (SSSR count). The van der Waals surface area contributed by atoms with E-state index in [1.165, 1.54) is 4.90 Å². The van der Waals surface area contributed by atoms with Crippen molar-refractivity contribution in [2.24, 2.45) is 0 Å². The quantitative estimate of drug-likeness (QED) is 0.506. The molecule has 2 aromatic rings. The zero-order valence-corrected chi connectivity index (χ0v) is 19.2. The molecule has 0 aliphatic rings. The van der Waals surface area contributed by atoms with Crippen molar-refractivity contribution in [3.63, 3.8) is 0 Å². The molecule has 0 spiro atoms. The molecule has 2 aromatic carbocycles. The average molecular weight is 535 g/mol. The molecular formula is C20H21Cl2IN2O3. The Hall–Kier alpha value is -1.51. The molecule has 28 heavy (non-hydrogen) atoms. The smallest absolute Gasteiger partial charge is 0.261 e. The Balaban J connectivity index is 2.20. The van der Waals surface area contributed by atoms with Gasteiger partial charge in [0.15, 0.2) is 6.61 Å². The highest BCUT2D eigenvalue weighted by molar-refractivity contribution is 14.1. The molecular weight excluding hydrogens is 514 g/mol. The minimum Gasteiger partial charge on any atom is -0.484 e. The van der Waals surface area contributed by atoms with Crippen molar-refractivity contribution in [2.75, 3.05) is 13.7 Å². The van der Waals surface area contributed by atoms with Crippen molar-refractivity contribution >= 4 is 57.6 Å². The summed E-state index contributed by atoms with van der Waals surface area (Å²) in [4.78, 5) is 26.7. The molecule has 0 bridgehead atoms. The van der Waals surface area contributed by atoms with E-state index in [0.29, 0.717) is 22.2 Å². The third kappa shape index (κ3) is 6.25. The lowest BCUT2D eigenvalue weighted by atomic mass is 10.1. The fourth-order valence-corrected chi connectivity index (χ4v) is 3.36. The number of rotatable bonds is 8. The van der Waals surface area contributed by atoms with Gasteiger partial charge in [-0.15, -0.1) is 0 Å². The van der Waals surface area contributed by atoms with E-state index in [2.05, 4.69) is 27.9 Å². The Morgan fingerprint density at radius 3 is 2.39 bits per heavy atom. The minimum atomic E-state index is -0.618. The number of halogens is 3. The first-order valence-electron chi connectivity index (χ1n) is 8.69. The van der Waals surface area contributed by atoms with Crippen LogP contribution in [0.15, 0.2) is 42.5 Å². The number of hydrogen-bond acceptors (Lipinski definition) is 3. The zero-order chi connectivity index (χ0) is 20.7. The van der Waals surface area contributed by atoms with Crippen LogP contribution < -0.4 is 10.1 Å². The Bertz CT molecular complexity index is 831. The largest absolute Gasteiger partial charge is 0.484 e. The first-order chi connectivity index (χ1) is 13.3. The minimum absolute atomic E-state index is 0.171. The van der Waals surface area contributed by atoms with Crippen molar-refractivity contribution in [2.45, 2.75) is 25.9 Å². The average Bonchev–Trinajstić information content (AvgIpc) is 2.69. The number of likely N-dealkylation sites (N-methyl/N-ethyl adjacent to an activating group) is 1. The number of hydrogen-bond donors (Lipinski definition) is 1. The number of benzene rings is 2. The van der Waals surface area contributed by atoms with E-state index in [4.69, 9.17) is 27.9 Å². The van der Waals surface area contributed by atoms with Crippen LogP contribution in [0.4, 0.5) is 0 Å². The summed E-state index contributed by atoms with van der Waals surface area (Å²) in [7, 11) is 1.55. The van der Waals surface area contributed by atoms with E-state index in [-0.39, 0.29) is 25.0 Å². The van der Waals surface area contributed by atoms with Gasteiger partial charge < -0.3 is 15.0 Å². The van der Waals surface area contributed by atoms with Gasteiger partial charge in [-0.1, -0.05) is 36.2 Å².